The number of halogens is 2. The van der Waals surface area contributed by atoms with Gasteiger partial charge in [-0.3, -0.25) is 4.79 Å². The molecule has 0 spiro atoms. The minimum atomic E-state index is -2.41. The zero-order valence-electron chi connectivity index (χ0n) is 12.7. The first-order chi connectivity index (χ1) is 9.16. The largest absolute Gasteiger partial charge is 0.353 e. The molecule has 1 aliphatic carbocycles. The molecule has 1 heterocycles. The van der Waals surface area contributed by atoms with Crippen LogP contribution >= 0.6 is 0 Å². The van der Waals surface area contributed by atoms with E-state index in [0.29, 0.717) is 0 Å². The molecule has 0 aromatic heterocycles. The molecule has 2 rings (SSSR count). The lowest BCUT2D eigenvalue weighted by atomic mass is 9.80. The number of piperidine rings is 1. The molecule has 2 fully saturated rings. The molecule has 1 aliphatic heterocycles. The number of amides is 1. The van der Waals surface area contributed by atoms with Crippen LogP contribution in [-0.4, -0.2) is 42.4 Å². The highest BCUT2D eigenvalue weighted by Gasteiger charge is 2.45. The molecule has 116 valence electrons. The SMILES string of the molecule is CC(C)(C)C(=O)NC1CCN(CC2CC(F)(F)C2)CC1. The number of carbonyl (C=O) groups is 1. The molecule has 1 saturated carbocycles. The maximum atomic E-state index is 12.8. The Morgan fingerprint density at radius 2 is 1.80 bits per heavy atom. The minimum absolute atomic E-state index is 0.0493. The zero-order chi connectivity index (χ0) is 15.0. The number of nitrogens with zero attached hydrogens (tertiary/aromatic N) is 1. The summed E-state index contributed by atoms with van der Waals surface area (Å²) in [5, 5.41) is 3.09. The maximum Gasteiger partial charge on any atom is 0.248 e. The van der Waals surface area contributed by atoms with E-state index in [1.807, 2.05) is 20.8 Å². The molecule has 0 aromatic carbocycles. The lowest BCUT2D eigenvalue weighted by Gasteiger charge is -2.40. The summed E-state index contributed by atoms with van der Waals surface area (Å²) in [6, 6.07) is 0.237. The topological polar surface area (TPSA) is 32.3 Å². The number of hydrogen-bond donors (Lipinski definition) is 1. The van der Waals surface area contributed by atoms with E-state index in [4.69, 9.17) is 0 Å². The summed E-state index contributed by atoms with van der Waals surface area (Å²) in [5.41, 5.74) is -0.353. The van der Waals surface area contributed by atoms with Crippen LogP contribution in [0.3, 0.4) is 0 Å². The average Bonchev–Trinajstić information content (AvgIpc) is 2.28. The number of rotatable bonds is 3. The van der Waals surface area contributed by atoms with Gasteiger partial charge in [0.1, 0.15) is 0 Å². The quantitative estimate of drug-likeness (QED) is 0.866. The summed E-state index contributed by atoms with van der Waals surface area (Å²) < 4.78 is 25.6. The summed E-state index contributed by atoms with van der Waals surface area (Å²) in [5.74, 6) is -2.16. The number of carbonyl (C=O) groups excluding carboxylic acids is 1. The summed E-state index contributed by atoms with van der Waals surface area (Å²) in [7, 11) is 0. The van der Waals surface area contributed by atoms with Gasteiger partial charge in [0.25, 0.3) is 0 Å². The maximum absolute atomic E-state index is 12.8. The Labute approximate surface area is 120 Å². The summed E-state index contributed by atoms with van der Waals surface area (Å²) in [6.07, 6.45) is 1.94. The predicted octanol–water partition coefficient (Wildman–Crippen LogP) is 2.66. The average molecular weight is 288 g/mol. The summed E-state index contributed by atoms with van der Waals surface area (Å²) in [6.45, 7) is 8.32. The summed E-state index contributed by atoms with van der Waals surface area (Å²) in [4.78, 5) is 14.2. The van der Waals surface area contributed by atoms with E-state index in [1.54, 1.807) is 0 Å². The van der Waals surface area contributed by atoms with Gasteiger partial charge in [-0.25, -0.2) is 8.78 Å². The first kappa shape index (κ1) is 15.7. The molecule has 0 radical (unpaired) electrons. The van der Waals surface area contributed by atoms with Gasteiger partial charge < -0.3 is 10.2 Å². The Morgan fingerprint density at radius 1 is 1.25 bits per heavy atom. The molecular formula is C15H26F2N2O. The standard InChI is InChI=1S/C15H26F2N2O/c1-14(2,3)13(20)18-12-4-6-19(7-5-12)10-11-8-15(16,17)9-11/h11-12H,4-10H2,1-3H3,(H,18,20). The van der Waals surface area contributed by atoms with Crippen molar-refractivity contribution in [1.29, 1.82) is 0 Å². The van der Waals surface area contributed by atoms with Crippen molar-refractivity contribution < 1.29 is 13.6 Å². The van der Waals surface area contributed by atoms with E-state index in [9.17, 15) is 13.6 Å². The highest BCUT2D eigenvalue weighted by Crippen LogP contribution is 2.42. The van der Waals surface area contributed by atoms with E-state index in [1.165, 1.54) is 0 Å². The highest BCUT2D eigenvalue weighted by atomic mass is 19.3. The highest BCUT2D eigenvalue weighted by molar-refractivity contribution is 5.81. The van der Waals surface area contributed by atoms with Gasteiger partial charge in [-0.2, -0.15) is 0 Å². The molecule has 1 amide bonds. The Hall–Kier alpha value is -0.710. The van der Waals surface area contributed by atoms with Gasteiger partial charge in [0.15, 0.2) is 0 Å². The molecular weight excluding hydrogens is 262 g/mol. The van der Waals surface area contributed by atoms with Gasteiger partial charge in [-0.05, 0) is 18.8 Å². The first-order valence-corrected chi connectivity index (χ1v) is 7.57. The van der Waals surface area contributed by atoms with E-state index >= 15 is 0 Å². The fraction of sp³-hybridized carbons (Fsp3) is 0.933. The molecule has 20 heavy (non-hydrogen) atoms. The predicted molar refractivity (Wildman–Crippen MR) is 74.7 cm³/mol. The van der Waals surface area contributed by atoms with Crippen LogP contribution < -0.4 is 5.32 Å². The van der Waals surface area contributed by atoms with Gasteiger partial charge in [0, 0.05) is 43.9 Å². The zero-order valence-corrected chi connectivity index (χ0v) is 12.7. The van der Waals surface area contributed by atoms with Crippen LogP contribution in [0, 0.1) is 11.3 Å². The van der Waals surface area contributed by atoms with Gasteiger partial charge in [-0.1, -0.05) is 20.8 Å². The van der Waals surface area contributed by atoms with Crippen LogP contribution in [0.2, 0.25) is 0 Å². The van der Waals surface area contributed by atoms with E-state index < -0.39 is 5.92 Å². The van der Waals surface area contributed by atoms with Crippen molar-refractivity contribution in [2.24, 2.45) is 11.3 Å². The lowest BCUT2D eigenvalue weighted by molar-refractivity contribution is -0.130. The molecule has 0 atom stereocenters. The molecule has 1 saturated heterocycles. The molecule has 0 aromatic rings. The fourth-order valence-corrected chi connectivity index (χ4v) is 2.94. The van der Waals surface area contributed by atoms with Crippen molar-refractivity contribution in [3.63, 3.8) is 0 Å². The lowest BCUT2D eigenvalue weighted by Crippen LogP contribution is -2.50. The molecule has 5 heteroatoms. The van der Waals surface area contributed by atoms with E-state index in [2.05, 4.69) is 10.2 Å². The number of nitrogens with one attached hydrogen (secondary N) is 1. The Balaban J connectivity index is 1.67. The first-order valence-electron chi connectivity index (χ1n) is 7.57. The third kappa shape index (κ3) is 4.14. The van der Waals surface area contributed by atoms with Crippen LogP contribution in [-0.2, 0) is 4.79 Å². The molecule has 3 nitrogen and oxygen atoms in total. The minimum Gasteiger partial charge on any atom is -0.353 e. The van der Waals surface area contributed by atoms with Crippen LogP contribution in [0.1, 0.15) is 46.5 Å². The normalized spacial score (nSPS) is 25.2. The Kier molecular flexibility index (Phi) is 4.38. The van der Waals surface area contributed by atoms with Gasteiger partial charge >= 0.3 is 0 Å². The van der Waals surface area contributed by atoms with Crippen molar-refractivity contribution >= 4 is 5.91 Å². The second-order valence-electron chi connectivity index (χ2n) is 7.43. The van der Waals surface area contributed by atoms with Crippen LogP contribution in [0.25, 0.3) is 0 Å². The second kappa shape index (κ2) is 5.58. The summed E-state index contributed by atoms with van der Waals surface area (Å²) >= 11 is 0. The van der Waals surface area contributed by atoms with E-state index in [-0.39, 0.29) is 36.1 Å². The monoisotopic (exact) mass is 288 g/mol. The fourth-order valence-electron chi connectivity index (χ4n) is 2.94. The number of likely N-dealkylation sites (tertiary alicyclic amines) is 1. The Bertz CT molecular complexity index is 349. The smallest absolute Gasteiger partial charge is 0.248 e. The van der Waals surface area contributed by atoms with Crippen molar-refractivity contribution in [2.75, 3.05) is 19.6 Å². The van der Waals surface area contributed by atoms with E-state index in [0.717, 1.165) is 32.5 Å². The third-order valence-electron chi connectivity index (χ3n) is 4.30. The molecule has 0 bridgehead atoms. The van der Waals surface area contributed by atoms with Crippen LogP contribution in [0.5, 0.6) is 0 Å². The van der Waals surface area contributed by atoms with Gasteiger partial charge in [0.05, 0.1) is 0 Å². The van der Waals surface area contributed by atoms with Crippen molar-refractivity contribution in [3.05, 3.63) is 0 Å². The Morgan fingerprint density at radius 3 is 2.25 bits per heavy atom. The number of alkyl halides is 2. The second-order valence-corrected chi connectivity index (χ2v) is 7.43. The van der Waals surface area contributed by atoms with Crippen LogP contribution in [0.4, 0.5) is 8.78 Å². The third-order valence-corrected chi connectivity index (χ3v) is 4.30. The molecule has 1 N–H and O–H groups in total. The van der Waals surface area contributed by atoms with Gasteiger partial charge in [-0.15, -0.1) is 0 Å². The van der Waals surface area contributed by atoms with Crippen molar-refractivity contribution in [2.45, 2.75) is 58.4 Å². The molecule has 0 unspecified atom stereocenters. The number of hydrogen-bond acceptors (Lipinski definition) is 2. The molecule has 2 aliphatic rings. The van der Waals surface area contributed by atoms with Crippen LogP contribution in [0.15, 0.2) is 0 Å². The van der Waals surface area contributed by atoms with Crippen molar-refractivity contribution in [1.82, 2.24) is 10.2 Å². The van der Waals surface area contributed by atoms with Gasteiger partial charge in [0.2, 0.25) is 11.8 Å². The van der Waals surface area contributed by atoms with Crippen molar-refractivity contribution in [3.8, 4) is 0 Å².